The Morgan fingerprint density at radius 1 is 1.50 bits per heavy atom. The van der Waals surface area contributed by atoms with Gasteiger partial charge in [0.25, 0.3) is 5.92 Å². The Labute approximate surface area is 77.8 Å². The summed E-state index contributed by atoms with van der Waals surface area (Å²) in [5.41, 5.74) is -0.258. The van der Waals surface area contributed by atoms with E-state index < -0.39 is 12.5 Å². The van der Waals surface area contributed by atoms with Gasteiger partial charge in [0.2, 0.25) is 0 Å². The first kappa shape index (κ1) is 9.01. The van der Waals surface area contributed by atoms with Crippen LogP contribution in [0, 0.1) is 0 Å². The number of aromatic nitrogens is 3. The van der Waals surface area contributed by atoms with Crippen molar-refractivity contribution in [1.82, 2.24) is 14.6 Å². The Hall–Kier alpha value is -1.56. The normalized spacial score (nSPS) is 12.2. The van der Waals surface area contributed by atoms with Crippen LogP contribution >= 0.6 is 0 Å². The van der Waals surface area contributed by atoms with Crippen molar-refractivity contribution in [1.29, 1.82) is 0 Å². The maximum Gasteiger partial charge on any atom is 0.299 e. The molecule has 0 saturated heterocycles. The van der Waals surface area contributed by atoms with Crippen molar-refractivity contribution in [3.63, 3.8) is 0 Å². The molecule has 0 amide bonds. The number of rotatable bonds is 2. The van der Waals surface area contributed by atoms with Gasteiger partial charge >= 0.3 is 0 Å². The molecule has 0 aromatic carbocycles. The highest BCUT2D eigenvalue weighted by atomic mass is 19.3. The molecule has 1 N–H and O–H groups in total. The monoisotopic (exact) mass is 199 g/mol. The molecule has 0 aliphatic heterocycles. The highest BCUT2D eigenvalue weighted by molar-refractivity contribution is 5.48. The van der Waals surface area contributed by atoms with Crippen LogP contribution in [0.2, 0.25) is 0 Å². The van der Waals surface area contributed by atoms with Gasteiger partial charge in [0.1, 0.15) is 12.9 Å². The lowest BCUT2D eigenvalue weighted by Gasteiger charge is -2.13. The number of alkyl halides is 2. The third-order valence-electron chi connectivity index (χ3n) is 1.90. The maximum absolute atomic E-state index is 13.2. The molecule has 2 heterocycles. The molecular weight excluding hydrogens is 192 g/mol. The minimum absolute atomic E-state index is 0.0616. The van der Waals surface area contributed by atoms with Crippen molar-refractivity contribution in [2.24, 2.45) is 0 Å². The van der Waals surface area contributed by atoms with E-state index in [9.17, 15) is 8.78 Å². The SMILES string of the molecule is OCC(F)(F)c1cccn2ncnc12. The number of halogens is 2. The third kappa shape index (κ3) is 1.24. The Balaban J connectivity index is 2.67. The number of pyridine rings is 1. The molecule has 0 fully saturated rings. The fraction of sp³-hybridized carbons (Fsp3) is 0.250. The third-order valence-corrected chi connectivity index (χ3v) is 1.90. The molecule has 2 aromatic rings. The Kier molecular flexibility index (Phi) is 1.92. The van der Waals surface area contributed by atoms with Gasteiger partial charge in [0.15, 0.2) is 5.65 Å². The first-order valence-electron chi connectivity index (χ1n) is 3.92. The predicted octanol–water partition coefficient (Wildman–Crippen LogP) is 0.813. The molecular formula is C8H7F2N3O. The van der Waals surface area contributed by atoms with E-state index in [2.05, 4.69) is 10.1 Å². The van der Waals surface area contributed by atoms with E-state index in [1.807, 2.05) is 0 Å². The molecule has 14 heavy (non-hydrogen) atoms. The van der Waals surface area contributed by atoms with Gasteiger partial charge in [-0.05, 0) is 12.1 Å². The standard InChI is InChI=1S/C8H7F2N3O/c9-8(10,4-14)6-2-1-3-13-7(6)11-5-12-13/h1-3,5,14H,4H2. The second kappa shape index (κ2) is 2.98. The van der Waals surface area contributed by atoms with Gasteiger partial charge in [-0.15, -0.1) is 0 Å². The van der Waals surface area contributed by atoms with E-state index in [4.69, 9.17) is 5.11 Å². The van der Waals surface area contributed by atoms with Crippen LogP contribution in [0.15, 0.2) is 24.7 Å². The zero-order valence-electron chi connectivity index (χ0n) is 7.06. The first-order chi connectivity index (χ1) is 6.65. The summed E-state index contributed by atoms with van der Waals surface area (Å²) >= 11 is 0. The van der Waals surface area contributed by atoms with Crippen molar-refractivity contribution in [2.75, 3.05) is 6.61 Å². The van der Waals surface area contributed by atoms with Crippen molar-refractivity contribution in [3.8, 4) is 0 Å². The number of nitrogens with zero attached hydrogens (tertiary/aromatic N) is 3. The van der Waals surface area contributed by atoms with E-state index in [0.717, 1.165) is 0 Å². The minimum Gasteiger partial charge on any atom is -0.390 e. The molecule has 0 aliphatic rings. The van der Waals surface area contributed by atoms with Crippen LogP contribution in [0.4, 0.5) is 8.78 Å². The van der Waals surface area contributed by atoms with Gasteiger partial charge in [-0.25, -0.2) is 9.50 Å². The number of aliphatic hydroxyl groups is 1. The molecule has 74 valence electrons. The van der Waals surface area contributed by atoms with Gasteiger partial charge in [-0.1, -0.05) is 0 Å². The molecule has 0 atom stereocenters. The van der Waals surface area contributed by atoms with Crippen molar-refractivity contribution in [2.45, 2.75) is 5.92 Å². The molecule has 0 unspecified atom stereocenters. The lowest BCUT2D eigenvalue weighted by atomic mass is 10.1. The summed E-state index contributed by atoms with van der Waals surface area (Å²) < 4.78 is 27.6. The summed E-state index contributed by atoms with van der Waals surface area (Å²) in [7, 11) is 0. The summed E-state index contributed by atoms with van der Waals surface area (Å²) in [6, 6.07) is 2.65. The lowest BCUT2D eigenvalue weighted by molar-refractivity contribution is -0.0547. The number of hydrogen-bond acceptors (Lipinski definition) is 3. The summed E-state index contributed by atoms with van der Waals surface area (Å²) in [6.07, 6.45) is 2.70. The van der Waals surface area contributed by atoms with Crippen molar-refractivity contribution in [3.05, 3.63) is 30.2 Å². The zero-order valence-corrected chi connectivity index (χ0v) is 7.06. The molecule has 2 aromatic heterocycles. The average molecular weight is 199 g/mol. The van der Waals surface area contributed by atoms with Gasteiger partial charge in [0.05, 0.1) is 5.56 Å². The molecule has 4 nitrogen and oxygen atoms in total. The fourth-order valence-electron chi connectivity index (χ4n) is 1.22. The van der Waals surface area contributed by atoms with Crippen LogP contribution in [0.5, 0.6) is 0 Å². The average Bonchev–Trinajstić information content (AvgIpc) is 2.64. The summed E-state index contributed by atoms with van der Waals surface area (Å²) in [5, 5.41) is 12.3. The van der Waals surface area contributed by atoms with E-state index in [0.29, 0.717) is 0 Å². The lowest BCUT2D eigenvalue weighted by Crippen LogP contribution is -2.19. The highest BCUT2D eigenvalue weighted by Gasteiger charge is 2.33. The van der Waals surface area contributed by atoms with Gasteiger partial charge in [-0.2, -0.15) is 13.9 Å². The Morgan fingerprint density at radius 3 is 3.00 bits per heavy atom. The van der Waals surface area contributed by atoms with E-state index in [1.165, 1.54) is 29.2 Å². The largest absolute Gasteiger partial charge is 0.390 e. The van der Waals surface area contributed by atoms with Crippen LogP contribution in [0.1, 0.15) is 5.56 Å². The van der Waals surface area contributed by atoms with E-state index >= 15 is 0 Å². The molecule has 0 aliphatic carbocycles. The summed E-state index contributed by atoms with van der Waals surface area (Å²) in [5.74, 6) is -3.28. The van der Waals surface area contributed by atoms with E-state index in [-0.39, 0.29) is 11.2 Å². The van der Waals surface area contributed by atoms with Crippen LogP contribution in [-0.4, -0.2) is 26.3 Å². The molecule has 2 rings (SSSR count). The van der Waals surface area contributed by atoms with Gasteiger partial charge in [0, 0.05) is 6.20 Å². The molecule has 6 heteroatoms. The second-order valence-electron chi connectivity index (χ2n) is 2.81. The van der Waals surface area contributed by atoms with Crippen LogP contribution in [0.3, 0.4) is 0 Å². The van der Waals surface area contributed by atoms with Crippen molar-refractivity contribution < 1.29 is 13.9 Å². The fourth-order valence-corrected chi connectivity index (χ4v) is 1.22. The zero-order chi connectivity index (χ0) is 10.2. The first-order valence-corrected chi connectivity index (χ1v) is 3.92. The van der Waals surface area contributed by atoms with E-state index in [1.54, 1.807) is 0 Å². The maximum atomic E-state index is 13.2. The highest BCUT2D eigenvalue weighted by Crippen LogP contribution is 2.29. The summed E-state index contributed by atoms with van der Waals surface area (Å²) in [6.45, 7) is -1.24. The molecule has 0 spiro atoms. The molecule has 0 radical (unpaired) electrons. The molecule has 0 saturated carbocycles. The number of fused-ring (bicyclic) bond motifs is 1. The smallest absolute Gasteiger partial charge is 0.299 e. The van der Waals surface area contributed by atoms with Crippen LogP contribution in [0.25, 0.3) is 5.65 Å². The van der Waals surface area contributed by atoms with Gasteiger partial charge in [-0.3, -0.25) is 0 Å². The Bertz CT molecular complexity index is 455. The minimum atomic E-state index is -3.28. The van der Waals surface area contributed by atoms with Crippen LogP contribution < -0.4 is 0 Å². The predicted molar refractivity (Wildman–Crippen MR) is 44.0 cm³/mol. The number of aliphatic hydroxyl groups excluding tert-OH is 1. The molecule has 0 bridgehead atoms. The second-order valence-corrected chi connectivity index (χ2v) is 2.81. The quantitative estimate of drug-likeness (QED) is 0.778. The van der Waals surface area contributed by atoms with Gasteiger partial charge < -0.3 is 5.11 Å². The number of hydrogen-bond donors (Lipinski definition) is 1. The van der Waals surface area contributed by atoms with Crippen LogP contribution in [-0.2, 0) is 5.92 Å². The Morgan fingerprint density at radius 2 is 2.29 bits per heavy atom. The topological polar surface area (TPSA) is 50.4 Å². The summed E-state index contributed by atoms with van der Waals surface area (Å²) in [4.78, 5) is 3.69. The van der Waals surface area contributed by atoms with Crippen molar-refractivity contribution >= 4 is 5.65 Å².